The van der Waals surface area contributed by atoms with E-state index in [1.807, 2.05) is 6.92 Å². The van der Waals surface area contributed by atoms with Gasteiger partial charge in [0.05, 0.1) is 0 Å². The minimum absolute atomic E-state index is 0.170. The summed E-state index contributed by atoms with van der Waals surface area (Å²) in [6, 6.07) is -1.10. The monoisotopic (exact) mass is 278 g/mol. The number of nitrogens with zero attached hydrogens (tertiary/aromatic N) is 1. The summed E-state index contributed by atoms with van der Waals surface area (Å²) in [6.45, 7) is 4.05. The Labute approximate surface area is 109 Å². The highest BCUT2D eigenvalue weighted by Crippen LogP contribution is 2.20. The first-order chi connectivity index (χ1) is 8.38. The molecular formula is C11H22N2O4S. The van der Waals surface area contributed by atoms with Gasteiger partial charge in [-0.3, -0.25) is 4.79 Å². The Bertz CT molecular complexity index is 383. The van der Waals surface area contributed by atoms with Crippen molar-refractivity contribution in [2.24, 2.45) is 0 Å². The van der Waals surface area contributed by atoms with E-state index in [-0.39, 0.29) is 12.6 Å². The molecule has 1 heterocycles. The number of carboxylic acids is 1. The summed E-state index contributed by atoms with van der Waals surface area (Å²) in [5.74, 6) is -1.07. The number of rotatable bonds is 6. The first-order valence-electron chi connectivity index (χ1n) is 6.40. The lowest BCUT2D eigenvalue weighted by Crippen LogP contribution is -2.53. The molecule has 1 fully saturated rings. The lowest BCUT2D eigenvalue weighted by molar-refractivity contribution is -0.142. The SMILES string of the molecule is CCCC(C)NS(=O)(=O)N1CCCCC1C(=O)O. The fourth-order valence-corrected chi connectivity index (χ4v) is 3.92. The second-order valence-electron chi connectivity index (χ2n) is 4.77. The zero-order valence-corrected chi connectivity index (χ0v) is 11.7. The van der Waals surface area contributed by atoms with Crippen LogP contribution in [0, 0.1) is 0 Å². The minimum Gasteiger partial charge on any atom is -0.480 e. The molecule has 1 saturated heterocycles. The number of hydrogen-bond acceptors (Lipinski definition) is 3. The number of nitrogens with one attached hydrogen (secondary N) is 1. The summed E-state index contributed by atoms with van der Waals surface area (Å²) in [4.78, 5) is 11.1. The van der Waals surface area contributed by atoms with Crippen LogP contribution in [0.1, 0.15) is 46.0 Å². The van der Waals surface area contributed by atoms with Gasteiger partial charge >= 0.3 is 5.97 Å². The maximum atomic E-state index is 12.1. The summed E-state index contributed by atoms with van der Waals surface area (Å²) in [7, 11) is -3.70. The molecule has 0 aromatic rings. The third kappa shape index (κ3) is 3.93. The van der Waals surface area contributed by atoms with Crippen LogP contribution < -0.4 is 4.72 Å². The van der Waals surface area contributed by atoms with E-state index in [4.69, 9.17) is 5.11 Å². The molecule has 1 aliphatic heterocycles. The molecule has 7 heteroatoms. The van der Waals surface area contributed by atoms with Crippen molar-refractivity contribution in [1.29, 1.82) is 0 Å². The van der Waals surface area contributed by atoms with E-state index in [0.717, 1.165) is 23.6 Å². The molecule has 1 aliphatic rings. The van der Waals surface area contributed by atoms with Gasteiger partial charge in [0, 0.05) is 12.6 Å². The van der Waals surface area contributed by atoms with Crippen molar-refractivity contribution in [3.8, 4) is 0 Å². The van der Waals surface area contributed by atoms with Gasteiger partial charge in [-0.25, -0.2) is 0 Å². The van der Waals surface area contributed by atoms with Crippen molar-refractivity contribution in [2.45, 2.75) is 58.0 Å². The highest BCUT2D eigenvalue weighted by atomic mass is 32.2. The fourth-order valence-electron chi connectivity index (χ4n) is 2.25. The molecule has 0 amide bonds. The number of carbonyl (C=O) groups is 1. The molecule has 0 aromatic carbocycles. The average molecular weight is 278 g/mol. The van der Waals surface area contributed by atoms with E-state index in [9.17, 15) is 13.2 Å². The second kappa shape index (κ2) is 6.49. The van der Waals surface area contributed by atoms with Crippen LogP contribution in [-0.2, 0) is 15.0 Å². The Balaban J connectivity index is 2.78. The van der Waals surface area contributed by atoms with Crippen LogP contribution >= 0.6 is 0 Å². The fraction of sp³-hybridized carbons (Fsp3) is 0.909. The van der Waals surface area contributed by atoms with Crippen molar-refractivity contribution in [2.75, 3.05) is 6.54 Å². The van der Waals surface area contributed by atoms with E-state index in [1.165, 1.54) is 0 Å². The Morgan fingerprint density at radius 1 is 1.50 bits per heavy atom. The van der Waals surface area contributed by atoms with Crippen molar-refractivity contribution < 1.29 is 18.3 Å². The maximum Gasteiger partial charge on any atom is 0.322 e. The first kappa shape index (κ1) is 15.4. The molecule has 0 radical (unpaired) electrons. The molecule has 0 spiro atoms. The van der Waals surface area contributed by atoms with Gasteiger partial charge in [-0.05, 0) is 32.6 Å². The van der Waals surface area contributed by atoms with Crippen LogP contribution in [-0.4, -0.2) is 42.4 Å². The molecular weight excluding hydrogens is 256 g/mol. The summed E-state index contributed by atoms with van der Waals surface area (Å²) in [5, 5.41) is 9.08. The van der Waals surface area contributed by atoms with Crippen LogP contribution in [0.2, 0.25) is 0 Å². The zero-order valence-electron chi connectivity index (χ0n) is 10.9. The molecule has 1 rings (SSSR count). The van der Waals surface area contributed by atoms with Crippen LogP contribution in [0.15, 0.2) is 0 Å². The molecule has 2 atom stereocenters. The lowest BCUT2D eigenvalue weighted by atomic mass is 10.1. The normalized spacial score (nSPS) is 23.8. The molecule has 0 bridgehead atoms. The van der Waals surface area contributed by atoms with Gasteiger partial charge in [-0.15, -0.1) is 0 Å². The largest absolute Gasteiger partial charge is 0.480 e. The van der Waals surface area contributed by atoms with Gasteiger partial charge in [-0.2, -0.15) is 17.4 Å². The van der Waals surface area contributed by atoms with Crippen LogP contribution in [0.5, 0.6) is 0 Å². The number of piperidine rings is 1. The quantitative estimate of drug-likeness (QED) is 0.757. The highest BCUT2D eigenvalue weighted by Gasteiger charge is 2.37. The Hall–Kier alpha value is -0.660. The molecule has 0 saturated carbocycles. The summed E-state index contributed by atoms with van der Waals surface area (Å²) >= 11 is 0. The second-order valence-corrected chi connectivity index (χ2v) is 6.43. The van der Waals surface area contributed by atoms with Gasteiger partial charge in [0.25, 0.3) is 10.2 Å². The lowest BCUT2D eigenvalue weighted by Gasteiger charge is -2.32. The number of hydrogen-bond donors (Lipinski definition) is 2. The Kier molecular flexibility index (Phi) is 5.55. The highest BCUT2D eigenvalue weighted by molar-refractivity contribution is 7.87. The molecule has 2 N–H and O–H groups in total. The first-order valence-corrected chi connectivity index (χ1v) is 7.84. The average Bonchev–Trinajstić information content (AvgIpc) is 2.28. The Morgan fingerprint density at radius 2 is 2.17 bits per heavy atom. The summed E-state index contributed by atoms with van der Waals surface area (Å²) < 4.78 is 27.9. The van der Waals surface area contributed by atoms with Crippen LogP contribution in [0.3, 0.4) is 0 Å². The molecule has 6 nitrogen and oxygen atoms in total. The van der Waals surface area contributed by atoms with Gasteiger partial charge in [0.2, 0.25) is 0 Å². The van der Waals surface area contributed by atoms with E-state index in [1.54, 1.807) is 6.92 Å². The third-order valence-electron chi connectivity index (χ3n) is 3.12. The molecule has 18 heavy (non-hydrogen) atoms. The molecule has 106 valence electrons. The minimum atomic E-state index is -3.70. The molecule has 2 unspecified atom stereocenters. The summed E-state index contributed by atoms with van der Waals surface area (Å²) in [5.41, 5.74) is 0. The predicted molar refractivity (Wildman–Crippen MR) is 68.4 cm³/mol. The van der Waals surface area contributed by atoms with Crippen molar-refractivity contribution >= 4 is 16.2 Å². The summed E-state index contributed by atoms with van der Waals surface area (Å²) in [6.07, 6.45) is 3.48. The van der Waals surface area contributed by atoms with Gasteiger partial charge in [-0.1, -0.05) is 13.3 Å². The number of aliphatic carboxylic acids is 1. The topological polar surface area (TPSA) is 86.7 Å². The van der Waals surface area contributed by atoms with E-state index in [0.29, 0.717) is 12.8 Å². The molecule has 0 aliphatic carbocycles. The Morgan fingerprint density at radius 3 is 2.72 bits per heavy atom. The number of carboxylic acid groups (broad SMARTS) is 1. The molecule has 0 aromatic heterocycles. The standard InChI is InChI=1S/C11H22N2O4S/c1-3-6-9(2)12-18(16,17)13-8-5-4-7-10(13)11(14)15/h9-10,12H,3-8H2,1-2H3,(H,14,15). The predicted octanol–water partition coefficient (Wildman–Crippen LogP) is 0.948. The van der Waals surface area contributed by atoms with Crippen molar-refractivity contribution in [3.63, 3.8) is 0 Å². The van der Waals surface area contributed by atoms with Crippen molar-refractivity contribution in [3.05, 3.63) is 0 Å². The van der Waals surface area contributed by atoms with Crippen molar-refractivity contribution in [1.82, 2.24) is 9.03 Å². The van der Waals surface area contributed by atoms with Gasteiger partial charge in [0.1, 0.15) is 6.04 Å². The van der Waals surface area contributed by atoms with E-state index >= 15 is 0 Å². The van der Waals surface area contributed by atoms with Gasteiger partial charge in [0.15, 0.2) is 0 Å². The van der Waals surface area contributed by atoms with E-state index < -0.39 is 22.2 Å². The van der Waals surface area contributed by atoms with Gasteiger partial charge < -0.3 is 5.11 Å². The van der Waals surface area contributed by atoms with Crippen LogP contribution in [0.4, 0.5) is 0 Å². The maximum absolute atomic E-state index is 12.1. The van der Waals surface area contributed by atoms with Crippen LogP contribution in [0.25, 0.3) is 0 Å². The van der Waals surface area contributed by atoms with E-state index in [2.05, 4.69) is 4.72 Å². The zero-order chi connectivity index (χ0) is 13.8. The third-order valence-corrected chi connectivity index (χ3v) is 4.87. The smallest absolute Gasteiger partial charge is 0.322 e.